The van der Waals surface area contributed by atoms with Crippen LogP contribution < -0.4 is 9.47 Å². The van der Waals surface area contributed by atoms with Crippen molar-refractivity contribution in [2.24, 2.45) is 0 Å². The smallest absolute Gasteiger partial charge is 0.196 e. The molecule has 1 aliphatic heterocycles. The van der Waals surface area contributed by atoms with Crippen molar-refractivity contribution >= 4 is 27.8 Å². The van der Waals surface area contributed by atoms with Crippen molar-refractivity contribution in [2.75, 3.05) is 13.7 Å². The summed E-state index contributed by atoms with van der Waals surface area (Å²) < 4.78 is 11.8. The summed E-state index contributed by atoms with van der Waals surface area (Å²) in [5, 5.41) is 0. The topological polar surface area (TPSA) is 35.5 Å². The predicted octanol–water partition coefficient (Wildman–Crippen LogP) is 4.12. The van der Waals surface area contributed by atoms with Crippen molar-refractivity contribution in [3.05, 3.63) is 63.6 Å². The van der Waals surface area contributed by atoms with E-state index in [2.05, 4.69) is 15.9 Å². The van der Waals surface area contributed by atoms with Gasteiger partial charge in [-0.25, -0.2) is 0 Å². The van der Waals surface area contributed by atoms with Crippen LogP contribution in [0.2, 0.25) is 0 Å². The second-order valence-electron chi connectivity index (χ2n) is 4.67. The summed E-state index contributed by atoms with van der Waals surface area (Å²) >= 11 is 3.48. The van der Waals surface area contributed by atoms with Gasteiger partial charge in [-0.1, -0.05) is 34.1 Å². The first-order valence-electron chi connectivity index (χ1n) is 6.49. The number of halogens is 1. The summed E-state index contributed by atoms with van der Waals surface area (Å²) in [6.45, 7) is 0.277. The van der Waals surface area contributed by atoms with Crippen LogP contribution in [-0.4, -0.2) is 19.5 Å². The molecule has 4 heteroatoms. The molecule has 2 aromatic carbocycles. The molecule has 0 N–H and O–H groups in total. The van der Waals surface area contributed by atoms with E-state index in [1.165, 1.54) is 0 Å². The molecule has 0 bridgehead atoms. The van der Waals surface area contributed by atoms with Gasteiger partial charge in [0.2, 0.25) is 0 Å². The van der Waals surface area contributed by atoms with Gasteiger partial charge in [0, 0.05) is 10.0 Å². The van der Waals surface area contributed by atoms with Crippen LogP contribution in [0.25, 0.3) is 6.08 Å². The highest BCUT2D eigenvalue weighted by Gasteiger charge is 2.24. The average Bonchev–Trinajstić information content (AvgIpc) is 2.52. The molecule has 21 heavy (non-hydrogen) atoms. The zero-order valence-corrected chi connectivity index (χ0v) is 13.0. The number of ketones is 1. The third-order valence-electron chi connectivity index (χ3n) is 3.34. The zero-order chi connectivity index (χ0) is 14.8. The number of hydrogen-bond acceptors (Lipinski definition) is 3. The Morgan fingerprint density at radius 1 is 1.24 bits per heavy atom. The molecule has 0 fully saturated rings. The largest absolute Gasteiger partial charge is 0.497 e. The summed E-state index contributed by atoms with van der Waals surface area (Å²) in [6.07, 6.45) is 1.86. The van der Waals surface area contributed by atoms with Crippen LogP contribution in [-0.2, 0) is 0 Å². The Morgan fingerprint density at radius 3 is 2.81 bits per heavy atom. The predicted molar refractivity (Wildman–Crippen MR) is 84.9 cm³/mol. The maximum Gasteiger partial charge on any atom is 0.196 e. The van der Waals surface area contributed by atoms with Crippen LogP contribution in [0.4, 0.5) is 0 Å². The van der Waals surface area contributed by atoms with Gasteiger partial charge >= 0.3 is 0 Å². The van der Waals surface area contributed by atoms with Crippen LogP contribution in [0.15, 0.2) is 52.5 Å². The fourth-order valence-electron chi connectivity index (χ4n) is 2.22. The summed E-state index contributed by atoms with van der Waals surface area (Å²) in [4.78, 5) is 12.6. The van der Waals surface area contributed by atoms with Gasteiger partial charge in [-0.05, 0) is 35.9 Å². The van der Waals surface area contributed by atoms with Gasteiger partial charge in [-0.3, -0.25) is 4.79 Å². The molecule has 106 valence electrons. The number of Topliss-reactive ketones (excluding diaryl/α,β-unsaturated/α-hetero) is 1. The lowest BCUT2D eigenvalue weighted by Gasteiger charge is -2.19. The lowest BCUT2D eigenvalue weighted by atomic mass is 9.98. The zero-order valence-electron chi connectivity index (χ0n) is 11.4. The molecule has 2 aromatic rings. The number of fused-ring (bicyclic) bond motifs is 1. The van der Waals surface area contributed by atoms with Crippen molar-refractivity contribution in [1.29, 1.82) is 0 Å². The highest BCUT2D eigenvalue weighted by Crippen LogP contribution is 2.31. The average molecular weight is 345 g/mol. The number of carbonyl (C=O) groups is 1. The van der Waals surface area contributed by atoms with E-state index >= 15 is 0 Å². The molecule has 0 radical (unpaired) electrons. The fraction of sp³-hybridized carbons (Fsp3) is 0.118. The Kier molecular flexibility index (Phi) is 3.80. The van der Waals surface area contributed by atoms with Gasteiger partial charge in [0.15, 0.2) is 5.78 Å². The maximum atomic E-state index is 12.6. The second-order valence-corrected chi connectivity index (χ2v) is 5.53. The molecule has 0 aliphatic carbocycles. The molecule has 1 heterocycles. The number of ether oxygens (including phenoxy) is 2. The molecule has 1 aliphatic rings. The first kappa shape index (κ1) is 13.9. The first-order chi connectivity index (χ1) is 10.2. The van der Waals surface area contributed by atoms with E-state index in [1.54, 1.807) is 25.3 Å². The van der Waals surface area contributed by atoms with Crippen LogP contribution in [0.3, 0.4) is 0 Å². The van der Waals surface area contributed by atoms with Gasteiger partial charge in [-0.2, -0.15) is 0 Å². The molecule has 0 saturated carbocycles. The molecular weight excluding hydrogens is 332 g/mol. The van der Waals surface area contributed by atoms with E-state index in [-0.39, 0.29) is 12.4 Å². The summed E-state index contributed by atoms with van der Waals surface area (Å²) in [5.74, 6) is 1.23. The minimum atomic E-state index is -0.0223. The Labute approximate surface area is 131 Å². The van der Waals surface area contributed by atoms with Crippen molar-refractivity contribution in [3.63, 3.8) is 0 Å². The van der Waals surface area contributed by atoms with E-state index in [4.69, 9.17) is 9.47 Å². The maximum absolute atomic E-state index is 12.6. The van der Waals surface area contributed by atoms with Crippen molar-refractivity contribution in [1.82, 2.24) is 0 Å². The SMILES string of the molecule is COc1ccc2c(c1)C(=O)/C(=C/c1ccccc1Br)CO2. The summed E-state index contributed by atoms with van der Waals surface area (Å²) in [6, 6.07) is 13.0. The molecule has 0 atom stereocenters. The normalized spacial score (nSPS) is 15.5. The van der Waals surface area contributed by atoms with Crippen molar-refractivity contribution in [3.8, 4) is 11.5 Å². The highest BCUT2D eigenvalue weighted by atomic mass is 79.9. The Hall–Kier alpha value is -2.07. The van der Waals surface area contributed by atoms with Crippen LogP contribution in [0.1, 0.15) is 15.9 Å². The minimum Gasteiger partial charge on any atom is -0.497 e. The Bertz CT molecular complexity index is 735. The molecule has 0 aromatic heterocycles. The standard InChI is InChI=1S/C17H13BrO3/c1-20-13-6-7-16-14(9-13)17(19)12(10-21-16)8-11-4-2-3-5-15(11)18/h2-9H,10H2,1H3/b12-8+. The minimum absolute atomic E-state index is 0.0223. The van der Waals surface area contributed by atoms with E-state index in [1.807, 2.05) is 30.3 Å². The second kappa shape index (κ2) is 5.74. The molecular formula is C17H13BrO3. The van der Waals surface area contributed by atoms with Crippen LogP contribution >= 0.6 is 15.9 Å². The van der Waals surface area contributed by atoms with Gasteiger partial charge in [0.1, 0.15) is 18.1 Å². The molecule has 3 rings (SSSR count). The van der Waals surface area contributed by atoms with E-state index in [0.717, 1.165) is 10.0 Å². The quantitative estimate of drug-likeness (QED) is 0.769. The van der Waals surface area contributed by atoms with E-state index in [9.17, 15) is 4.79 Å². The molecule has 0 unspecified atom stereocenters. The van der Waals surface area contributed by atoms with Crippen LogP contribution in [0.5, 0.6) is 11.5 Å². The van der Waals surface area contributed by atoms with Gasteiger partial charge < -0.3 is 9.47 Å². The van der Waals surface area contributed by atoms with Crippen molar-refractivity contribution in [2.45, 2.75) is 0 Å². The third kappa shape index (κ3) is 2.72. The number of rotatable bonds is 2. The Morgan fingerprint density at radius 2 is 2.05 bits per heavy atom. The number of carbonyl (C=O) groups excluding carboxylic acids is 1. The van der Waals surface area contributed by atoms with Crippen LogP contribution in [0, 0.1) is 0 Å². The van der Waals surface area contributed by atoms with E-state index in [0.29, 0.717) is 22.6 Å². The number of methoxy groups -OCH3 is 1. The molecule has 0 spiro atoms. The molecule has 0 amide bonds. The number of benzene rings is 2. The summed E-state index contributed by atoms with van der Waals surface area (Å²) in [5.41, 5.74) is 2.12. The fourth-order valence-corrected chi connectivity index (χ4v) is 2.62. The first-order valence-corrected chi connectivity index (χ1v) is 7.29. The summed E-state index contributed by atoms with van der Waals surface area (Å²) in [7, 11) is 1.58. The molecule has 0 saturated heterocycles. The third-order valence-corrected chi connectivity index (χ3v) is 4.06. The van der Waals surface area contributed by atoms with Crippen molar-refractivity contribution < 1.29 is 14.3 Å². The van der Waals surface area contributed by atoms with Gasteiger partial charge in [0.25, 0.3) is 0 Å². The lowest BCUT2D eigenvalue weighted by Crippen LogP contribution is -2.19. The van der Waals surface area contributed by atoms with Gasteiger partial charge in [0.05, 0.1) is 12.7 Å². The van der Waals surface area contributed by atoms with Gasteiger partial charge in [-0.15, -0.1) is 0 Å². The monoisotopic (exact) mass is 344 g/mol. The van der Waals surface area contributed by atoms with E-state index < -0.39 is 0 Å². The molecule has 3 nitrogen and oxygen atoms in total. The lowest BCUT2D eigenvalue weighted by molar-refractivity contribution is 0.100. The highest BCUT2D eigenvalue weighted by molar-refractivity contribution is 9.10. The Balaban J connectivity index is 2.00. The number of hydrogen-bond donors (Lipinski definition) is 0.